The number of carbonyl (C=O) groups is 1. The number of carbonyl (C=O) groups excluding carboxylic acids is 1. The first-order valence-electron chi connectivity index (χ1n) is 9.66. The molecule has 1 aromatic carbocycles. The normalized spacial score (nSPS) is 14.2. The number of benzene rings is 1. The topological polar surface area (TPSA) is 89.4 Å². The lowest BCUT2D eigenvalue weighted by Crippen LogP contribution is -2.36. The Hall–Kier alpha value is -3.26. The number of anilines is 2. The molecular formula is C21H23N5O3. The van der Waals surface area contributed by atoms with Crippen molar-refractivity contribution in [3.63, 3.8) is 0 Å². The van der Waals surface area contributed by atoms with Crippen molar-refractivity contribution in [1.29, 1.82) is 0 Å². The van der Waals surface area contributed by atoms with Crippen molar-refractivity contribution < 1.29 is 9.53 Å². The second-order valence-corrected chi connectivity index (χ2v) is 6.93. The summed E-state index contributed by atoms with van der Waals surface area (Å²) in [6, 6.07) is 11.0. The quantitative estimate of drug-likeness (QED) is 0.713. The van der Waals surface area contributed by atoms with Crippen molar-refractivity contribution in [1.82, 2.24) is 14.5 Å². The molecule has 2 aromatic heterocycles. The first-order valence-corrected chi connectivity index (χ1v) is 9.66. The summed E-state index contributed by atoms with van der Waals surface area (Å²) in [7, 11) is 0. The van der Waals surface area contributed by atoms with E-state index in [9.17, 15) is 9.59 Å². The Kier molecular flexibility index (Phi) is 5.53. The Morgan fingerprint density at radius 2 is 1.97 bits per heavy atom. The molecule has 29 heavy (non-hydrogen) atoms. The summed E-state index contributed by atoms with van der Waals surface area (Å²) in [6.07, 6.45) is 1.91. The Morgan fingerprint density at radius 1 is 1.17 bits per heavy atom. The molecule has 4 rings (SSSR count). The summed E-state index contributed by atoms with van der Waals surface area (Å²) >= 11 is 0. The zero-order valence-corrected chi connectivity index (χ0v) is 16.3. The van der Waals surface area contributed by atoms with Gasteiger partial charge in [-0.05, 0) is 31.2 Å². The van der Waals surface area contributed by atoms with Crippen molar-refractivity contribution in [3.8, 4) is 0 Å². The summed E-state index contributed by atoms with van der Waals surface area (Å²) in [6.45, 7) is 5.13. The molecule has 3 heterocycles. The number of aryl methyl sites for hydroxylation is 1. The van der Waals surface area contributed by atoms with E-state index in [1.807, 2.05) is 24.3 Å². The van der Waals surface area contributed by atoms with E-state index in [0.29, 0.717) is 35.8 Å². The number of ether oxygens (including phenoxy) is 1. The molecule has 8 nitrogen and oxygen atoms in total. The highest BCUT2D eigenvalue weighted by Crippen LogP contribution is 2.16. The fraction of sp³-hybridized carbons (Fsp3) is 0.333. The molecule has 0 atom stereocenters. The average Bonchev–Trinajstić information content (AvgIpc) is 2.75. The van der Waals surface area contributed by atoms with Gasteiger partial charge in [0, 0.05) is 26.1 Å². The van der Waals surface area contributed by atoms with Crippen molar-refractivity contribution in [2.24, 2.45) is 0 Å². The van der Waals surface area contributed by atoms with Gasteiger partial charge in [-0.25, -0.2) is 9.97 Å². The van der Waals surface area contributed by atoms with Gasteiger partial charge in [0.15, 0.2) is 0 Å². The van der Waals surface area contributed by atoms with Gasteiger partial charge in [0.05, 0.1) is 36.0 Å². The molecule has 1 saturated heterocycles. The minimum Gasteiger partial charge on any atom is -0.378 e. The average molecular weight is 393 g/mol. The molecule has 1 amide bonds. The van der Waals surface area contributed by atoms with Crippen LogP contribution < -0.4 is 15.8 Å². The van der Waals surface area contributed by atoms with E-state index in [0.717, 1.165) is 18.8 Å². The highest BCUT2D eigenvalue weighted by molar-refractivity contribution is 5.89. The van der Waals surface area contributed by atoms with Crippen LogP contribution in [0.15, 0.2) is 47.4 Å². The van der Waals surface area contributed by atoms with E-state index < -0.39 is 0 Å². The zero-order chi connectivity index (χ0) is 20.2. The molecule has 0 unspecified atom stereocenters. The second-order valence-electron chi connectivity index (χ2n) is 6.93. The lowest BCUT2D eigenvalue weighted by molar-refractivity contribution is -0.116. The SMILES string of the molecule is Cc1nc2ccccc2c(=O)n1CCC(=O)Nc1ccc(N2CCOCC2)cn1. The van der Waals surface area contributed by atoms with Gasteiger partial charge < -0.3 is 15.0 Å². The standard InChI is InChI=1S/C21H23N5O3/c1-15-23-18-5-3-2-4-17(18)21(28)26(15)9-8-20(27)24-19-7-6-16(14-22-19)25-10-12-29-13-11-25/h2-7,14H,8-13H2,1H3,(H,22,24,27). The van der Waals surface area contributed by atoms with Gasteiger partial charge in [-0.15, -0.1) is 0 Å². The molecule has 1 aliphatic heterocycles. The number of nitrogens with zero attached hydrogens (tertiary/aromatic N) is 4. The van der Waals surface area contributed by atoms with Crippen molar-refractivity contribution in [2.45, 2.75) is 19.9 Å². The summed E-state index contributed by atoms with van der Waals surface area (Å²) < 4.78 is 6.89. The highest BCUT2D eigenvalue weighted by atomic mass is 16.5. The maximum absolute atomic E-state index is 12.7. The summed E-state index contributed by atoms with van der Waals surface area (Å²) in [4.78, 5) is 36.0. The molecule has 0 spiro atoms. The van der Waals surface area contributed by atoms with Crippen molar-refractivity contribution >= 4 is 28.3 Å². The van der Waals surface area contributed by atoms with Crippen LogP contribution in [0.4, 0.5) is 11.5 Å². The number of rotatable bonds is 5. The van der Waals surface area contributed by atoms with Crippen LogP contribution in [0.25, 0.3) is 10.9 Å². The molecule has 1 fully saturated rings. The molecule has 0 aliphatic carbocycles. The van der Waals surface area contributed by atoms with Crippen molar-refractivity contribution in [2.75, 3.05) is 36.5 Å². The third-order valence-corrected chi connectivity index (χ3v) is 5.01. The number of aromatic nitrogens is 3. The molecule has 1 aliphatic rings. The van der Waals surface area contributed by atoms with Gasteiger partial charge >= 0.3 is 0 Å². The third-order valence-electron chi connectivity index (χ3n) is 5.01. The van der Waals surface area contributed by atoms with Gasteiger partial charge in [-0.3, -0.25) is 14.2 Å². The number of morpholine rings is 1. The van der Waals surface area contributed by atoms with Crippen LogP contribution in [0.1, 0.15) is 12.2 Å². The van der Waals surface area contributed by atoms with Crippen LogP contribution in [-0.4, -0.2) is 46.7 Å². The second kappa shape index (κ2) is 8.40. The Balaban J connectivity index is 1.39. The molecule has 150 valence electrons. The van der Waals surface area contributed by atoms with Gasteiger partial charge in [-0.2, -0.15) is 0 Å². The van der Waals surface area contributed by atoms with E-state index >= 15 is 0 Å². The Morgan fingerprint density at radius 3 is 2.72 bits per heavy atom. The van der Waals surface area contributed by atoms with Crippen LogP contribution in [0.3, 0.4) is 0 Å². The Bertz CT molecular complexity index is 1070. The monoisotopic (exact) mass is 393 g/mol. The first-order chi connectivity index (χ1) is 14.1. The molecule has 0 radical (unpaired) electrons. The molecule has 3 aromatic rings. The molecule has 8 heteroatoms. The maximum atomic E-state index is 12.7. The van der Waals surface area contributed by atoms with Crippen LogP contribution in [0.2, 0.25) is 0 Å². The predicted octanol–water partition coefficient (Wildman–Crippen LogP) is 1.97. The van der Waals surface area contributed by atoms with Gasteiger partial charge in [0.2, 0.25) is 5.91 Å². The van der Waals surface area contributed by atoms with Crippen LogP contribution in [0, 0.1) is 6.92 Å². The number of hydrogen-bond acceptors (Lipinski definition) is 6. The molecule has 0 saturated carbocycles. The number of para-hydroxylation sites is 1. The fourth-order valence-corrected chi connectivity index (χ4v) is 3.43. The number of hydrogen-bond donors (Lipinski definition) is 1. The summed E-state index contributed by atoms with van der Waals surface area (Å²) in [5, 5.41) is 3.34. The molecule has 0 bridgehead atoms. The van der Waals surface area contributed by atoms with E-state index in [1.165, 1.54) is 4.57 Å². The van der Waals surface area contributed by atoms with E-state index in [2.05, 4.69) is 20.2 Å². The van der Waals surface area contributed by atoms with E-state index in [1.54, 1.807) is 25.3 Å². The van der Waals surface area contributed by atoms with E-state index in [-0.39, 0.29) is 24.4 Å². The van der Waals surface area contributed by atoms with Gasteiger partial charge in [0.1, 0.15) is 11.6 Å². The third kappa shape index (κ3) is 4.27. The largest absolute Gasteiger partial charge is 0.378 e. The lowest BCUT2D eigenvalue weighted by Gasteiger charge is -2.28. The van der Waals surface area contributed by atoms with Gasteiger partial charge in [-0.1, -0.05) is 12.1 Å². The van der Waals surface area contributed by atoms with E-state index in [4.69, 9.17) is 4.74 Å². The van der Waals surface area contributed by atoms with Gasteiger partial charge in [0.25, 0.3) is 5.56 Å². The fourth-order valence-electron chi connectivity index (χ4n) is 3.43. The van der Waals surface area contributed by atoms with Crippen LogP contribution in [0.5, 0.6) is 0 Å². The minimum atomic E-state index is -0.198. The first kappa shape index (κ1) is 19.1. The predicted molar refractivity (Wildman–Crippen MR) is 111 cm³/mol. The number of amides is 1. The van der Waals surface area contributed by atoms with Crippen molar-refractivity contribution in [3.05, 3.63) is 58.8 Å². The van der Waals surface area contributed by atoms with Crippen LogP contribution in [-0.2, 0) is 16.1 Å². The smallest absolute Gasteiger partial charge is 0.261 e. The maximum Gasteiger partial charge on any atom is 0.261 e. The zero-order valence-electron chi connectivity index (χ0n) is 16.3. The minimum absolute atomic E-state index is 0.131. The number of nitrogens with one attached hydrogen (secondary N) is 1. The lowest BCUT2D eigenvalue weighted by atomic mass is 10.2. The molecular weight excluding hydrogens is 370 g/mol. The Labute approximate surface area is 168 Å². The number of fused-ring (bicyclic) bond motifs is 1. The summed E-state index contributed by atoms with van der Waals surface area (Å²) in [5.41, 5.74) is 1.55. The summed E-state index contributed by atoms with van der Waals surface area (Å²) in [5.74, 6) is 0.887. The number of pyridine rings is 1. The molecule has 1 N–H and O–H groups in total. The highest BCUT2D eigenvalue weighted by Gasteiger charge is 2.13. The van der Waals surface area contributed by atoms with Crippen LogP contribution >= 0.6 is 0 Å².